The number of aromatic nitrogens is 2. The number of aryl methyl sites for hydroxylation is 1. The summed E-state index contributed by atoms with van der Waals surface area (Å²) in [5.41, 5.74) is 1.10. The van der Waals surface area contributed by atoms with Gasteiger partial charge in [-0.3, -0.25) is 4.90 Å². The Hall–Kier alpha value is -1.79. The first-order valence-corrected chi connectivity index (χ1v) is 8.21. The molecule has 2 aliphatic heterocycles. The first kappa shape index (κ1) is 14.8. The molecule has 0 amide bonds. The normalized spacial score (nSPS) is 20.9. The van der Waals surface area contributed by atoms with Crippen LogP contribution >= 0.6 is 11.6 Å². The van der Waals surface area contributed by atoms with Crippen molar-refractivity contribution >= 4 is 11.6 Å². The van der Waals surface area contributed by atoms with Crippen LogP contribution in [0.15, 0.2) is 16.7 Å². The molecule has 0 aliphatic carbocycles. The molecule has 3 heterocycles. The second-order valence-corrected chi connectivity index (χ2v) is 6.31. The third-order valence-electron chi connectivity index (χ3n) is 4.25. The molecule has 2 aromatic rings. The van der Waals surface area contributed by atoms with Gasteiger partial charge in [-0.1, -0.05) is 16.8 Å². The molecule has 122 valence electrons. The molecule has 1 aromatic heterocycles. The van der Waals surface area contributed by atoms with Crippen LogP contribution in [-0.2, 0) is 6.54 Å². The van der Waals surface area contributed by atoms with E-state index in [-0.39, 0.29) is 6.04 Å². The molecular formula is C16H18ClN3O3. The highest BCUT2D eigenvalue weighted by Gasteiger charge is 2.30. The van der Waals surface area contributed by atoms with Crippen molar-refractivity contribution in [3.8, 4) is 11.5 Å². The van der Waals surface area contributed by atoms with Gasteiger partial charge in [-0.15, -0.1) is 0 Å². The van der Waals surface area contributed by atoms with Crippen LogP contribution in [0.2, 0.25) is 5.02 Å². The van der Waals surface area contributed by atoms with Gasteiger partial charge in [0.15, 0.2) is 17.3 Å². The van der Waals surface area contributed by atoms with Gasteiger partial charge in [0.2, 0.25) is 5.89 Å². The Morgan fingerprint density at radius 1 is 1.30 bits per heavy atom. The third kappa shape index (κ3) is 2.88. The number of fused-ring (bicyclic) bond motifs is 1. The van der Waals surface area contributed by atoms with Gasteiger partial charge in [0.05, 0.1) is 11.1 Å². The maximum Gasteiger partial charge on any atom is 0.223 e. The van der Waals surface area contributed by atoms with E-state index >= 15 is 0 Å². The van der Waals surface area contributed by atoms with Gasteiger partial charge in [-0.25, -0.2) is 0 Å². The summed E-state index contributed by atoms with van der Waals surface area (Å²) in [5, 5.41) is 4.68. The van der Waals surface area contributed by atoms with E-state index in [0.717, 1.165) is 43.1 Å². The van der Waals surface area contributed by atoms with Crippen LogP contribution < -0.4 is 9.47 Å². The fraction of sp³-hybridized carbons (Fsp3) is 0.500. The van der Waals surface area contributed by atoms with Gasteiger partial charge in [-0.05, 0) is 37.1 Å². The van der Waals surface area contributed by atoms with E-state index in [9.17, 15) is 0 Å². The first-order chi connectivity index (χ1) is 11.2. The topological polar surface area (TPSA) is 60.6 Å². The first-order valence-electron chi connectivity index (χ1n) is 7.83. The van der Waals surface area contributed by atoms with Crippen molar-refractivity contribution in [3.63, 3.8) is 0 Å². The van der Waals surface area contributed by atoms with Crippen molar-refractivity contribution < 1.29 is 14.0 Å². The van der Waals surface area contributed by atoms with Crippen molar-refractivity contribution in [2.24, 2.45) is 0 Å². The van der Waals surface area contributed by atoms with Crippen molar-refractivity contribution in [1.82, 2.24) is 15.0 Å². The molecule has 0 N–H and O–H groups in total. The lowest BCUT2D eigenvalue weighted by atomic mass is 10.1. The van der Waals surface area contributed by atoms with Crippen LogP contribution in [0, 0.1) is 6.92 Å². The zero-order chi connectivity index (χ0) is 15.8. The lowest BCUT2D eigenvalue weighted by Crippen LogP contribution is -2.24. The molecule has 0 saturated carbocycles. The molecule has 1 unspecified atom stereocenters. The highest BCUT2D eigenvalue weighted by molar-refractivity contribution is 6.32. The second-order valence-electron chi connectivity index (χ2n) is 5.90. The van der Waals surface area contributed by atoms with Crippen LogP contribution in [-0.4, -0.2) is 34.8 Å². The van der Waals surface area contributed by atoms with Gasteiger partial charge in [0.25, 0.3) is 0 Å². The number of hydrogen-bond donors (Lipinski definition) is 0. The van der Waals surface area contributed by atoms with E-state index in [4.69, 9.17) is 25.6 Å². The largest absolute Gasteiger partial charge is 0.486 e. The smallest absolute Gasteiger partial charge is 0.223 e. The Morgan fingerprint density at radius 3 is 3.00 bits per heavy atom. The summed E-state index contributed by atoms with van der Waals surface area (Å²) >= 11 is 6.33. The highest BCUT2D eigenvalue weighted by Crippen LogP contribution is 2.39. The zero-order valence-electron chi connectivity index (χ0n) is 12.9. The SMILES string of the molecule is Cc1nc(C2CCCN2Cc2cc(Cl)c3c(c2)OCCO3)no1. The van der Waals surface area contributed by atoms with Crippen molar-refractivity contribution in [1.29, 1.82) is 0 Å². The van der Waals surface area contributed by atoms with E-state index in [1.165, 1.54) is 0 Å². The number of hydrogen-bond acceptors (Lipinski definition) is 6. The average Bonchev–Trinajstić information content (AvgIpc) is 3.16. The van der Waals surface area contributed by atoms with E-state index in [1.807, 2.05) is 19.1 Å². The lowest BCUT2D eigenvalue weighted by Gasteiger charge is -2.24. The molecule has 1 saturated heterocycles. The van der Waals surface area contributed by atoms with Gasteiger partial charge in [0.1, 0.15) is 13.2 Å². The van der Waals surface area contributed by atoms with Gasteiger partial charge in [-0.2, -0.15) is 4.98 Å². The minimum Gasteiger partial charge on any atom is -0.486 e. The monoisotopic (exact) mass is 335 g/mol. The molecule has 2 aliphatic rings. The summed E-state index contributed by atoms with van der Waals surface area (Å²) in [6.07, 6.45) is 2.16. The van der Waals surface area contributed by atoms with Crippen molar-refractivity contribution in [3.05, 3.63) is 34.4 Å². The average molecular weight is 336 g/mol. The molecule has 0 bridgehead atoms. The summed E-state index contributed by atoms with van der Waals surface area (Å²) in [4.78, 5) is 6.74. The fourth-order valence-electron chi connectivity index (χ4n) is 3.25. The number of benzene rings is 1. The Balaban J connectivity index is 1.56. The number of ether oxygens (including phenoxy) is 2. The maximum absolute atomic E-state index is 6.33. The Bertz CT molecular complexity index is 719. The summed E-state index contributed by atoms with van der Waals surface area (Å²) < 4.78 is 16.3. The Labute approximate surface area is 139 Å². The lowest BCUT2D eigenvalue weighted by molar-refractivity contribution is 0.171. The molecule has 0 spiro atoms. The summed E-state index contributed by atoms with van der Waals surface area (Å²) in [6.45, 7) is 4.69. The number of nitrogens with zero attached hydrogens (tertiary/aromatic N) is 3. The molecule has 1 fully saturated rings. The van der Waals surface area contributed by atoms with Crippen molar-refractivity contribution in [2.45, 2.75) is 32.4 Å². The van der Waals surface area contributed by atoms with Crippen LogP contribution in [0.1, 0.15) is 36.2 Å². The van der Waals surface area contributed by atoms with Gasteiger partial charge in [0, 0.05) is 13.5 Å². The fourth-order valence-corrected chi connectivity index (χ4v) is 3.54. The van der Waals surface area contributed by atoms with E-state index in [0.29, 0.717) is 29.9 Å². The van der Waals surface area contributed by atoms with E-state index in [1.54, 1.807) is 0 Å². The van der Waals surface area contributed by atoms with E-state index in [2.05, 4.69) is 15.0 Å². The van der Waals surface area contributed by atoms with Crippen LogP contribution in [0.4, 0.5) is 0 Å². The van der Waals surface area contributed by atoms with Gasteiger partial charge < -0.3 is 14.0 Å². The molecule has 0 radical (unpaired) electrons. The van der Waals surface area contributed by atoms with Crippen molar-refractivity contribution in [2.75, 3.05) is 19.8 Å². The molecule has 7 heteroatoms. The molecule has 1 aromatic carbocycles. The molecule has 6 nitrogen and oxygen atoms in total. The van der Waals surface area contributed by atoms with Crippen LogP contribution in [0.25, 0.3) is 0 Å². The second kappa shape index (κ2) is 6.02. The predicted molar refractivity (Wildman–Crippen MR) is 83.9 cm³/mol. The highest BCUT2D eigenvalue weighted by atomic mass is 35.5. The molecule has 4 rings (SSSR count). The summed E-state index contributed by atoms with van der Waals surface area (Å²) in [5.74, 6) is 2.75. The number of rotatable bonds is 3. The Morgan fingerprint density at radius 2 is 2.17 bits per heavy atom. The number of likely N-dealkylation sites (tertiary alicyclic amines) is 1. The molecule has 1 atom stereocenters. The summed E-state index contributed by atoms with van der Waals surface area (Å²) in [6, 6.07) is 4.16. The molecule has 23 heavy (non-hydrogen) atoms. The standard InChI is InChI=1S/C16H18ClN3O3/c1-10-18-16(19-23-10)13-3-2-4-20(13)9-11-7-12(17)15-14(8-11)21-5-6-22-15/h7-8,13H,2-6,9H2,1H3. The quantitative estimate of drug-likeness (QED) is 0.858. The molecular weight excluding hydrogens is 318 g/mol. The predicted octanol–water partition coefficient (Wildman–Crippen LogP) is 3.14. The number of halogens is 1. The third-order valence-corrected chi connectivity index (χ3v) is 4.53. The van der Waals surface area contributed by atoms with E-state index < -0.39 is 0 Å². The maximum atomic E-state index is 6.33. The Kier molecular flexibility index (Phi) is 3.87. The van der Waals surface area contributed by atoms with Gasteiger partial charge >= 0.3 is 0 Å². The van der Waals surface area contributed by atoms with Crippen LogP contribution in [0.5, 0.6) is 11.5 Å². The minimum absolute atomic E-state index is 0.194. The zero-order valence-corrected chi connectivity index (χ0v) is 13.7. The minimum atomic E-state index is 0.194. The van der Waals surface area contributed by atoms with Crippen LogP contribution in [0.3, 0.4) is 0 Å². The summed E-state index contributed by atoms with van der Waals surface area (Å²) in [7, 11) is 0.